The molecule has 0 aliphatic carbocycles. The summed E-state index contributed by atoms with van der Waals surface area (Å²) in [6, 6.07) is 0. The van der Waals surface area contributed by atoms with E-state index in [-0.39, 0.29) is 11.8 Å². The van der Waals surface area contributed by atoms with E-state index in [1.807, 2.05) is 20.8 Å². The molecule has 0 radical (unpaired) electrons. The average molecular weight is 450 g/mol. The van der Waals surface area contributed by atoms with Crippen LogP contribution in [0.15, 0.2) is 33.4 Å². The molecule has 26 heavy (non-hydrogen) atoms. The second-order valence-electron chi connectivity index (χ2n) is 6.99. The Labute approximate surface area is 170 Å². The van der Waals surface area contributed by atoms with Crippen LogP contribution in [0.4, 0.5) is 4.79 Å². The molecule has 0 aromatic heterocycles. The maximum atomic E-state index is 12.6. The summed E-state index contributed by atoms with van der Waals surface area (Å²) in [4.78, 5) is 24.2. The maximum absolute atomic E-state index is 12.6. The minimum atomic E-state index is -0.546. The summed E-state index contributed by atoms with van der Waals surface area (Å²) in [6.07, 6.45) is 2.45. The monoisotopic (exact) mass is 448 g/mol. The predicted molar refractivity (Wildman–Crippen MR) is 111 cm³/mol. The van der Waals surface area contributed by atoms with Gasteiger partial charge in [-0.2, -0.15) is 0 Å². The summed E-state index contributed by atoms with van der Waals surface area (Å²) >= 11 is 9.27. The molecule has 0 rings (SSSR count). The maximum Gasteiger partial charge on any atom is 0.407 e. The van der Waals surface area contributed by atoms with Gasteiger partial charge in [-0.25, -0.2) is 4.79 Å². The summed E-state index contributed by atoms with van der Waals surface area (Å²) in [5.74, 6) is -0.351. The van der Waals surface area contributed by atoms with Crippen molar-refractivity contribution in [3.63, 3.8) is 0 Å². The molecule has 0 aromatic carbocycles. The first kappa shape index (κ1) is 24.7. The lowest BCUT2D eigenvalue weighted by Crippen LogP contribution is -2.36. The number of halogens is 2. The number of hydrogen-bond donors (Lipinski definition) is 2. The third-order valence-electron chi connectivity index (χ3n) is 3.44. The normalized spacial score (nSPS) is 14.2. The van der Waals surface area contributed by atoms with E-state index in [9.17, 15) is 9.59 Å². The molecule has 148 valence electrons. The number of allylic oxidation sites excluding steroid dienone is 4. The Morgan fingerprint density at radius 3 is 2.31 bits per heavy atom. The van der Waals surface area contributed by atoms with E-state index < -0.39 is 11.7 Å². The summed E-state index contributed by atoms with van der Waals surface area (Å²) in [5, 5.41) is 6.00. The van der Waals surface area contributed by atoms with Crippen molar-refractivity contribution in [2.45, 2.75) is 60.0 Å². The van der Waals surface area contributed by atoms with Crippen LogP contribution in [0, 0.1) is 5.92 Å². The van der Waals surface area contributed by atoms with E-state index in [1.54, 1.807) is 26.8 Å². The molecule has 0 saturated heterocycles. The highest BCUT2D eigenvalue weighted by Crippen LogP contribution is 2.18. The number of nitrogens with one attached hydrogen (secondary N) is 2. The first-order chi connectivity index (χ1) is 11.9. The second-order valence-corrected chi connectivity index (χ2v) is 8.64. The van der Waals surface area contributed by atoms with Crippen LogP contribution >= 0.6 is 27.5 Å². The summed E-state index contributed by atoms with van der Waals surface area (Å²) in [7, 11) is 0. The lowest BCUT2D eigenvalue weighted by Gasteiger charge is -2.20. The second kappa shape index (κ2) is 11.4. The Kier molecular flexibility index (Phi) is 10.9. The lowest BCUT2D eigenvalue weighted by molar-refractivity contribution is -0.124. The van der Waals surface area contributed by atoms with Gasteiger partial charge in [0.05, 0.1) is 5.70 Å². The van der Waals surface area contributed by atoms with Crippen molar-refractivity contribution in [1.29, 1.82) is 0 Å². The Morgan fingerprint density at radius 2 is 1.88 bits per heavy atom. The zero-order valence-corrected chi connectivity index (χ0v) is 18.8. The number of carbonyl (C=O) groups excluding carboxylic acids is 2. The van der Waals surface area contributed by atoms with Crippen molar-refractivity contribution in [1.82, 2.24) is 10.6 Å². The Hall–Kier alpha value is -1.27. The molecule has 2 amide bonds. The molecule has 1 unspecified atom stereocenters. The van der Waals surface area contributed by atoms with Gasteiger partial charge in [-0.15, -0.1) is 0 Å². The van der Waals surface area contributed by atoms with Gasteiger partial charge >= 0.3 is 6.09 Å². The molecular formula is C19H30BrClN2O3. The third kappa shape index (κ3) is 10.7. The van der Waals surface area contributed by atoms with E-state index in [0.29, 0.717) is 30.1 Å². The third-order valence-corrected chi connectivity index (χ3v) is 4.17. The van der Waals surface area contributed by atoms with E-state index in [2.05, 4.69) is 33.1 Å². The molecule has 0 aromatic rings. The molecule has 0 fully saturated rings. The number of carbonyl (C=O) groups is 2. The number of ether oxygens (including phenoxy) is 1. The van der Waals surface area contributed by atoms with Crippen molar-refractivity contribution in [3.05, 3.63) is 33.4 Å². The fourth-order valence-corrected chi connectivity index (χ4v) is 2.20. The topological polar surface area (TPSA) is 67.4 Å². The van der Waals surface area contributed by atoms with Crippen molar-refractivity contribution in [3.8, 4) is 0 Å². The Bertz CT molecular complexity index is 588. The van der Waals surface area contributed by atoms with Gasteiger partial charge in [0.25, 0.3) is 0 Å². The number of alkyl carbamates (subject to hydrolysis) is 1. The van der Waals surface area contributed by atoms with Gasteiger partial charge in [-0.05, 0) is 59.1 Å². The zero-order valence-electron chi connectivity index (χ0n) is 16.5. The predicted octanol–water partition coefficient (Wildman–Crippen LogP) is 5.37. The molecule has 0 bridgehead atoms. The highest BCUT2D eigenvalue weighted by atomic mass is 79.9. The molecule has 1 atom stereocenters. The quantitative estimate of drug-likeness (QED) is 0.490. The van der Waals surface area contributed by atoms with Crippen LogP contribution < -0.4 is 10.6 Å². The van der Waals surface area contributed by atoms with Gasteiger partial charge in [-0.3, -0.25) is 4.79 Å². The molecule has 0 heterocycles. The minimum Gasteiger partial charge on any atom is -0.444 e. The molecule has 2 N–H and O–H groups in total. The molecular weight excluding hydrogens is 420 g/mol. The van der Waals surface area contributed by atoms with Crippen LogP contribution in [0.2, 0.25) is 0 Å². The summed E-state index contributed by atoms with van der Waals surface area (Å²) in [6.45, 7) is 15.0. The van der Waals surface area contributed by atoms with E-state index >= 15 is 0 Å². The standard InChI is InChI=1S/C19H30BrClN2O3/c1-8-15(9-10-22-18(25)26-19(5,6)7)17(24)23-16(13(3)20)11-12(2)14(4)21/h11,15H,4,8-10H2,1-3,5-7H3,(H,22,25)(H,23,24)/b12-11-,16-13-. The fourth-order valence-electron chi connectivity index (χ4n) is 1.93. The smallest absolute Gasteiger partial charge is 0.407 e. The number of hydrogen-bond acceptors (Lipinski definition) is 3. The van der Waals surface area contributed by atoms with Crippen molar-refractivity contribution in [2.75, 3.05) is 6.54 Å². The van der Waals surface area contributed by atoms with Crippen molar-refractivity contribution >= 4 is 39.5 Å². The van der Waals surface area contributed by atoms with Crippen molar-refractivity contribution in [2.24, 2.45) is 5.92 Å². The molecule has 7 heteroatoms. The van der Waals surface area contributed by atoms with Gasteiger partial charge in [0.15, 0.2) is 0 Å². The molecule has 5 nitrogen and oxygen atoms in total. The van der Waals surface area contributed by atoms with E-state index in [1.165, 1.54) is 0 Å². The number of amides is 2. The van der Waals surface area contributed by atoms with Crippen LogP contribution in [0.1, 0.15) is 54.4 Å². The summed E-state index contributed by atoms with van der Waals surface area (Å²) in [5.41, 5.74) is 0.850. The highest BCUT2D eigenvalue weighted by molar-refractivity contribution is 9.11. The van der Waals surface area contributed by atoms with Gasteiger partial charge in [0.2, 0.25) is 5.91 Å². The minimum absolute atomic E-state index is 0.114. The van der Waals surface area contributed by atoms with Crippen LogP contribution in [0.25, 0.3) is 0 Å². The van der Waals surface area contributed by atoms with Gasteiger partial charge in [0, 0.05) is 22.0 Å². The average Bonchev–Trinajstić information content (AvgIpc) is 2.48. The fraction of sp³-hybridized carbons (Fsp3) is 0.579. The van der Waals surface area contributed by atoms with Gasteiger partial charge in [0.1, 0.15) is 5.60 Å². The first-order valence-corrected chi connectivity index (χ1v) is 9.71. The van der Waals surface area contributed by atoms with Crippen LogP contribution in [0.5, 0.6) is 0 Å². The van der Waals surface area contributed by atoms with E-state index in [0.717, 1.165) is 10.1 Å². The number of rotatable bonds is 8. The summed E-state index contributed by atoms with van der Waals surface area (Å²) < 4.78 is 5.97. The first-order valence-electron chi connectivity index (χ1n) is 8.54. The van der Waals surface area contributed by atoms with E-state index in [4.69, 9.17) is 16.3 Å². The molecule has 0 aliphatic rings. The molecule has 0 aliphatic heterocycles. The van der Waals surface area contributed by atoms with Crippen LogP contribution in [-0.2, 0) is 9.53 Å². The Morgan fingerprint density at radius 1 is 1.31 bits per heavy atom. The largest absolute Gasteiger partial charge is 0.444 e. The van der Waals surface area contributed by atoms with Crippen molar-refractivity contribution < 1.29 is 14.3 Å². The Balaban J connectivity index is 4.78. The molecule has 0 spiro atoms. The zero-order chi connectivity index (χ0) is 20.5. The lowest BCUT2D eigenvalue weighted by atomic mass is 10.0. The van der Waals surface area contributed by atoms with Crippen LogP contribution in [0.3, 0.4) is 0 Å². The van der Waals surface area contributed by atoms with Gasteiger partial charge in [-0.1, -0.05) is 41.0 Å². The highest BCUT2D eigenvalue weighted by Gasteiger charge is 2.19. The SMILES string of the molecule is C=C(Cl)/C(C)=C\C(NC(=O)C(CC)CCNC(=O)OC(C)(C)C)=C(/C)Br. The molecule has 0 saturated carbocycles. The van der Waals surface area contributed by atoms with Crippen LogP contribution in [-0.4, -0.2) is 24.1 Å². The van der Waals surface area contributed by atoms with Gasteiger partial charge < -0.3 is 15.4 Å².